The average molecular weight is 458 g/mol. The summed E-state index contributed by atoms with van der Waals surface area (Å²) in [5.41, 5.74) is 3.50. The lowest BCUT2D eigenvalue weighted by atomic mass is 10.0. The maximum absolute atomic E-state index is 13.3. The number of nitrogens with one attached hydrogen (secondary N) is 2. The largest absolute Gasteiger partial charge is 0.416 e. The highest BCUT2D eigenvalue weighted by Gasteiger charge is 2.35. The van der Waals surface area contributed by atoms with Crippen LogP contribution in [0, 0.1) is 0 Å². The second kappa shape index (κ2) is 8.41. The maximum atomic E-state index is 13.3. The van der Waals surface area contributed by atoms with Crippen LogP contribution in [-0.2, 0) is 23.9 Å². The number of halogens is 3. The first-order valence-corrected chi connectivity index (χ1v) is 11.5. The Bertz CT molecular complexity index is 1160. The van der Waals surface area contributed by atoms with Crippen molar-refractivity contribution in [1.82, 2.24) is 9.88 Å². The van der Waals surface area contributed by atoms with Crippen molar-refractivity contribution in [3.8, 4) is 0 Å². The molecule has 1 saturated heterocycles. The van der Waals surface area contributed by atoms with Gasteiger partial charge in [0.25, 0.3) is 5.91 Å². The number of nitrogens with zero attached hydrogens (tertiary/aromatic N) is 2. The third-order valence-electron chi connectivity index (χ3n) is 7.12. The number of aromatic amines is 1. The van der Waals surface area contributed by atoms with Gasteiger partial charge in [0.1, 0.15) is 0 Å². The van der Waals surface area contributed by atoms with Crippen molar-refractivity contribution in [3.63, 3.8) is 0 Å². The molecule has 2 aliphatic heterocycles. The van der Waals surface area contributed by atoms with Gasteiger partial charge in [-0.2, -0.15) is 13.2 Å². The van der Waals surface area contributed by atoms with Crippen LogP contribution < -0.4 is 9.80 Å². The average Bonchev–Trinajstić information content (AvgIpc) is 3.21. The quantitative estimate of drug-likeness (QED) is 0.635. The molecule has 5 rings (SSSR count). The molecule has 8 heteroatoms. The molecule has 5 nitrogen and oxygen atoms in total. The fourth-order valence-corrected chi connectivity index (χ4v) is 5.17. The summed E-state index contributed by atoms with van der Waals surface area (Å²) in [4.78, 5) is 21.9. The van der Waals surface area contributed by atoms with Crippen molar-refractivity contribution in [2.45, 2.75) is 32.1 Å². The summed E-state index contributed by atoms with van der Waals surface area (Å²) in [6.45, 7) is 5.98. The van der Waals surface area contributed by atoms with E-state index in [1.54, 1.807) is 6.07 Å². The number of fused-ring (bicyclic) bond motifs is 3. The van der Waals surface area contributed by atoms with Crippen LogP contribution in [-0.4, -0.2) is 54.6 Å². The number of alkyl halides is 3. The van der Waals surface area contributed by atoms with Crippen LogP contribution in [0.25, 0.3) is 10.9 Å². The summed E-state index contributed by atoms with van der Waals surface area (Å²) in [5.74, 6) is 0.147. The lowest BCUT2D eigenvalue weighted by Crippen LogP contribution is -3.19. The van der Waals surface area contributed by atoms with Crippen LogP contribution in [0.2, 0.25) is 0 Å². The maximum Gasteiger partial charge on any atom is 0.416 e. The van der Waals surface area contributed by atoms with Crippen LogP contribution in [0.5, 0.6) is 0 Å². The molecule has 0 radical (unpaired) electrons. The number of rotatable bonds is 3. The molecular formula is C25H28F3N4O+. The van der Waals surface area contributed by atoms with Crippen LogP contribution in [0.4, 0.5) is 18.9 Å². The molecule has 2 aliphatic rings. The van der Waals surface area contributed by atoms with Crippen molar-refractivity contribution in [2.75, 3.05) is 37.6 Å². The van der Waals surface area contributed by atoms with Gasteiger partial charge in [0.05, 0.1) is 31.7 Å². The van der Waals surface area contributed by atoms with Gasteiger partial charge >= 0.3 is 6.18 Å². The lowest BCUT2D eigenvalue weighted by Gasteiger charge is -2.38. The predicted molar refractivity (Wildman–Crippen MR) is 121 cm³/mol. The van der Waals surface area contributed by atoms with E-state index >= 15 is 0 Å². The Kier molecular flexibility index (Phi) is 5.56. The van der Waals surface area contributed by atoms with Gasteiger partial charge in [0, 0.05) is 47.4 Å². The van der Waals surface area contributed by atoms with E-state index in [2.05, 4.69) is 17.1 Å². The molecule has 0 bridgehead atoms. The topological polar surface area (TPSA) is 43.8 Å². The number of quaternary nitrogens is 1. The molecule has 3 aromatic rings. The van der Waals surface area contributed by atoms with Crippen LogP contribution in [0.15, 0.2) is 48.5 Å². The van der Waals surface area contributed by atoms with Crippen LogP contribution >= 0.6 is 0 Å². The zero-order valence-electron chi connectivity index (χ0n) is 18.6. The number of carbonyl (C=O) groups is 1. The number of para-hydroxylation sites is 1. The van der Waals surface area contributed by atoms with E-state index in [9.17, 15) is 18.0 Å². The van der Waals surface area contributed by atoms with Gasteiger partial charge in [-0.3, -0.25) is 4.79 Å². The van der Waals surface area contributed by atoms with Crippen molar-refractivity contribution < 1.29 is 22.9 Å². The monoisotopic (exact) mass is 457 g/mol. The number of carbonyl (C=O) groups excluding carboxylic acids is 1. The summed E-state index contributed by atoms with van der Waals surface area (Å²) >= 11 is 0. The molecule has 0 unspecified atom stereocenters. The Morgan fingerprint density at radius 1 is 1.06 bits per heavy atom. The highest BCUT2D eigenvalue weighted by molar-refractivity contribution is 5.86. The number of amides is 1. The van der Waals surface area contributed by atoms with E-state index in [-0.39, 0.29) is 11.9 Å². The number of anilines is 1. The second-order valence-electron chi connectivity index (χ2n) is 9.05. The first kappa shape index (κ1) is 21.8. The van der Waals surface area contributed by atoms with E-state index in [1.165, 1.54) is 33.7 Å². The molecule has 2 aromatic carbocycles. The Labute approximate surface area is 190 Å². The molecule has 0 saturated carbocycles. The van der Waals surface area contributed by atoms with Gasteiger partial charge in [0.15, 0.2) is 6.04 Å². The van der Waals surface area contributed by atoms with Crippen LogP contribution in [0.3, 0.4) is 0 Å². The molecule has 1 aromatic heterocycles. The fraction of sp³-hybridized carbons (Fsp3) is 0.400. The van der Waals surface area contributed by atoms with E-state index in [1.807, 2.05) is 28.9 Å². The number of hydrogen-bond donors (Lipinski definition) is 2. The zero-order chi connectivity index (χ0) is 23.2. The molecule has 0 aliphatic carbocycles. The van der Waals surface area contributed by atoms with Crippen molar-refractivity contribution in [3.05, 3.63) is 65.4 Å². The fourth-order valence-electron chi connectivity index (χ4n) is 5.17. The molecular weight excluding hydrogens is 429 g/mol. The normalized spacial score (nSPS) is 18.4. The molecule has 1 atom stereocenters. The molecule has 2 N–H and O–H groups in total. The van der Waals surface area contributed by atoms with Gasteiger partial charge in [-0.15, -0.1) is 0 Å². The molecule has 1 amide bonds. The van der Waals surface area contributed by atoms with Gasteiger partial charge in [-0.05, 0) is 31.2 Å². The van der Waals surface area contributed by atoms with Crippen molar-refractivity contribution >= 4 is 22.5 Å². The van der Waals surface area contributed by atoms with E-state index in [0.717, 1.165) is 31.1 Å². The summed E-state index contributed by atoms with van der Waals surface area (Å²) in [6.07, 6.45) is -3.52. The number of aromatic nitrogens is 1. The van der Waals surface area contributed by atoms with Gasteiger partial charge < -0.3 is 19.7 Å². The Balaban J connectivity index is 1.22. The Morgan fingerprint density at radius 3 is 2.58 bits per heavy atom. The number of hydrogen-bond acceptors (Lipinski definition) is 2. The highest BCUT2D eigenvalue weighted by Crippen LogP contribution is 2.32. The highest BCUT2D eigenvalue weighted by atomic mass is 19.4. The zero-order valence-corrected chi connectivity index (χ0v) is 18.6. The molecule has 1 fully saturated rings. The smallest absolute Gasteiger partial charge is 0.360 e. The summed E-state index contributed by atoms with van der Waals surface area (Å²) < 4.78 is 39.2. The predicted octanol–water partition coefficient (Wildman–Crippen LogP) is 2.87. The first-order chi connectivity index (χ1) is 15.8. The summed E-state index contributed by atoms with van der Waals surface area (Å²) in [5, 5.41) is 1.18. The molecule has 174 valence electrons. The Morgan fingerprint density at radius 2 is 1.82 bits per heavy atom. The SMILES string of the molecule is C[C@H](C(=O)N1CCc2[nH]c3ccccc3c2C1)[NH+]1CCN(c2cccc(C(F)(F)F)c2)CC1. The third-order valence-corrected chi connectivity index (χ3v) is 7.12. The number of piperazine rings is 1. The van der Waals surface area contributed by atoms with E-state index in [4.69, 9.17) is 0 Å². The van der Waals surface area contributed by atoms with E-state index < -0.39 is 11.7 Å². The summed E-state index contributed by atoms with van der Waals surface area (Å²) in [6, 6.07) is 13.5. The number of H-pyrrole nitrogens is 1. The third kappa shape index (κ3) is 4.19. The molecule has 3 heterocycles. The number of benzene rings is 2. The summed E-state index contributed by atoms with van der Waals surface area (Å²) in [7, 11) is 0. The lowest BCUT2D eigenvalue weighted by molar-refractivity contribution is -0.915. The molecule has 33 heavy (non-hydrogen) atoms. The minimum atomic E-state index is -4.34. The van der Waals surface area contributed by atoms with Gasteiger partial charge in [0.2, 0.25) is 0 Å². The minimum absolute atomic E-state index is 0.147. The standard InChI is InChI=1S/C25H27F3N4O/c1-17(24(33)32-10-9-23-21(16-32)20-7-2-3-8-22(20)29-23)30-11-13-31(14-12-30)19-6-4-5-18(15-19)25(26,27)28/h2-8,15,17,29H,9-14,16H2,1H3/p+1/t17-/m1/s1. The van der Waals surface area contributed by atoms with Gasteiger partial charge in [-0.1, -0.05) is 24.3 Å². The minimum Gasteiger partial charge on any atom is -0.360 e. The van der Waals surface area contributed by atoms with Crippen molar-refractivity contribution in [2.24, 2.45) is 0 Å². The van der Waals surface area contributed by atoms with Gasteiger partial charge in [-0.25, -0.2) is 0 Å². The van der Waals surface area contributed by atoms with Crippen LogP contribution in [0.1, 0.15) is 23.7 Å². The van der Waals surface area contributed by atoms with Crippen molar-refractivity contribution in [1.29, 1.82) is 0 Å². The van der Waals surface area contributed by atoms with E-state index in [0.29, 0.717) is 31.9 Å². The Hall–Kier alpha value is -3.00. The second-order valence-corrected chi connectivity index (χ2v) is 9.05. The molecule has 0 spiro atoms. The first-order valence-electron chi connectivity index (χ1n) is 11.5.